The summed E-state index contributed by atoms with van der Waals surface area (Å²) >= 11 is 0. The van der Waals surface area contributed by atoms with Crippen molar-refractivity contribution in [2.45, 2.75) is 50.6 Å². The Morgan fingerprint density at radius 3 is 2.42 bits per heavy atom. The highest BCUT2D eigenvalue weighted by molar-refractivity contribution is 5.97. The standard InChI is InChI=1S/C25H28N2O4/c28-24-23-10-9-22(31-21-7-5-17(6-8-21)25(29)30)15-18(23)11-14-27(24)20-12-13-26(16-20)19-3-1-2-4-19/h5-10,15,19-20H,1-4,11-14,16H2,(H,29,30). The van der Waals surface area contributed by atoms with Crippen LogP contribution in [-0.4, -0.2) is 58.5 Å². The Balaban J connectivity index is 1.26. The molecule has 1 saturated heterocycles. The summed E-state index contributed by atoms with van der Waals surface area (Å²) < 4.78 is 5.89. The average molecular weight is 421 g/mol. The maximum atomic E-state index is 13.2. The molecule has 2 fully saturated rings. The summed E-state index contributed by atoms with van der Waals surface area (Å²) in [6.45, 7) is 2.88. The smallest absolute Gasteiger partial charge is 0.335 e. The van der Waals surface area contributed by atoms with Gasteiger partial charge >= 0.3 is 5.97 Å². The van der Waals surface area contributed by atoms with E-state index in [1.54, 1.807) is 12.1 Å². The fourth-order valence-electron chi connectivity index (χ4n) is 5.32. The largest absolute Gasteiger partial charge is 0.478 e. The molecule has 2 aromatic rings. The van der Waals surface area contributed by atoms with Gasteiger partial charge in [-0.3, -0.25) is 9.69 Å². The molecule has 31 heavy (non-hydrogen) atoms. The van der Waals surface area contributed by atoms with E-state index in [4.69, 9.17) is 9.84 Å². The van der Waals surface area contributed by atoms with E-state index in [-0.39, 0.29) is 11.5 Å². The molecule has 1 saturated carbocycles. The first kappa shape index (κ1) is 20.1. The number of carbonyl (C=O) groups is 2. The molecule has 1 amide bonds. The maximum Gasteiger partial charge on any atom is 0.335 e. The second-order valence-electron chi connectivity index (χ2n) is 8.87. The number of amides is 1. The molecule has 6 heteroatoms. The van der Waals surface area contributed by atoms with Crippen LogP contribution >= 0.6 is 0 Å². The van der Waals surface area contributed by atoms with Gasteiger partial charge in [0.05, 0.1) is 5.56 Å². The lowest BCUT2D eigenvalue weighted by atomic mass is 9.97. The number of fused-ring (bicyclic) bond motifs is 1. The van der Waals surface area contributed by atoms with Crippen molar-refractivity contribution >= 4 is 11.9 Å². The van der Waals surface area contributed by atoms with Crippen molar-refractivity contribution in [3.8, 4) is 11.5 Å². The van der Waals surface area contributed by atoms with Gasteiger partial charge in [-0.2, -0.15) is 0 Å². The summed E-state index contributed by atoms with van der Waals surface area (Å²) in [6.07, 6.45) is 7.21. The predicted molar refractivity (Wildman–Crippen MR) is 117 cm³/mol. The van der Waals surface area contributed by atoms with E-state index in [0.717, 1.165) is 49.6 Å². The Morgan fingerprint density at radius 1 is 0.935 bits per heavy atom. The number of nitrogens with zero attached hydrogens (tertiary/aromatic N) is 2. The molecule has 0 bridgehead atoms. The van der Waals surface area contributed by atoms with Gasteiger partial charge in [-0.05, 0) is 73.7 Å². The van der Waals surface area contributed by atoms with Gasteiger partial charge in [-0.25, -0.2) is 4.79 Å². The number of rotatable bonds is 5. The molecule has 162 valence electrons. The van der Waals surface area contributed by atoms with Crippen molar-refractivity contribution in [3.05, 3.63) is 59.2 Å². The average Bonchev–Trinajstić information content (AvgIpc) is 3.46. The molecular formula is C25H28N2O4. The van der Waals surface area contributed by atoms with E-state index in [2.05, 4.69) is 9.80 Å². The summed E-state index contributed by atoms with van der Waals surface area (Å²) in [5.74, 6) is 0.414. The van der Waals surface area contributed by atoms with Gasteiger partial charge in [0.25, 0.3) is 5.91 Å². The fraction of sp³-hybridized carbons (Fsp3) is 0.440. The number of benzene rings is 2. The van der Waals surface area contributed by atoms with Crippen molar-refractivity contribution in [1.82, 2.24) is 9.80 Å². The molecule has 1 N–H and O–H groups in total. The van der Waals surface area contributed by atoms with Gasteiger partial charge in [0, 0.05) is 37.3 Å². The monoisotopic (exact) mass is 420 g/mol. The summed E-state index contributed by atoms with van der Waals surface area (Å²) in [4.78, 5) is 28.9. The van der Waals surface area contributed by atoms with Crippen molar-refractivity contribution in [1.29, 1.82) is 0 Å². The van der Waals surface area contributed by atoms with E-state index in [0.29, 0.717) is 17.5 Å². The minimum absolute atomic E-state index is 0.136. The van der Waals surface area contributed by atoms with Crippen molar-refractivity contribution in [2.75, 3.05) is 19.6 Å². The van der Waals surface area contributed by atoms with Crippen LogP contribution in [0.4, 0.5) is 0 Å². The minimum atomic E-state index is -0.961. The summed E-state index contributed by atoms with van der Waals surface area (Å²) in [5, 5.41) is 9.01. The molecule has 3 aliphatic rings. The lowest BCUT2D eigenvalue weighted by Gasteiger charge is -2.34. The first-order chi connectivity index (χ1) is 15.1. The number of ether oxygens (including phenoxy) is 1. The van der Waals surface area contributed by atoms with E-state index in [9.17, 15) is 9.59 Å². The molecule has 1 unspecified atom stereocenters. The predicted octanol–water partition coefficient (Wildman–Crippen LogP) is 4.19. The van der Waals surface area contributed by atoms with Crippen LogP contribution in [-0.2, 0) is 6.42 Å². The normalized spacial score (nSPS) is 22.0. The summed E-state index contributed by atoms with van der Waals surface area (Å²) in [7, 11) is 0. The van der Waals surface area contributed by atoms with Crippen LogP contribution in [0.1, 0.15) is 58.4 Å². The van der Waals surface area contributed by atoms with Gasteiger partial charge in [0.15, 0.2) is 0 Å². The van der Waals surface area contributed by atoms with Gasteiger partial charge in [0.1, 0.15) is 11.5 Å². The van der Waals surface area contributed by atoms with Crippen LogP contribution in [0.3, 0.4) is 0 Å². The Morgan fingerprint density at radius 2 is 1.68 bits per heavy atom. The number of likely N-dealkylation sites (tertiary alicyclic amines) is 1. The molecule has 0 spiro atoms. The Bertz CT molecular complexity index is 982. The molecule has 0 radical (unpaired) electrons. The van der Waals surface area contributed by atoms with Crippen LogP contribution in [0.5, 0.6) is 11.5 Å². The molecule has 6 nitrogen and oxygen atoms in total. The van der Waals surface area contributed by atoms with Crippen molar-refractivity contribution < 1.29 is 19.4 Å². The van der Waals surface area contributed by atoms with E-state index >= 15 is 0 Å². The molecule has 2 aromatic carbocycles. The number of aromatic carboxylic acids is 1. The third kappa shape index (κ3) is 4.04. The van der Waals surface area contributed by atoms with Crippen molar-refractivity contribution in [3.63, 3.8) is 0 Å². The minimum Gasteiger partial charge on any atom is -0.478 e. The Kier molecular flexibility index (Phi) is 5.40. The van der Waals surface area contributed by atoms with Crippen LogP contribution in [0.15, 0.2) is 42.5 Å². The van der Waals surface area contributed by atoms with Gasteiger partial charge in [-0.15, -0.1) is 0 Å². The zero-order chi connectivity index (χ0) is 21.4. The Labute approximate surface area is 182 Å². The molecule has 5 rings (SSSR count). The lowest BCUT2D eigenvalue weighted by Crippen LogP contribution is -2.46. The zero-order valence-electron chi connectivity index (χ0n) is 17.6. The Hall–Kier alpha value is -2.86. The third-order valence-electron chi connectivity index (χ3n) is 7.00. The van der Waals surface area contributed by atoms with Crippen LogP contribution in [0.2, 0.25) is 0 Å². The van der Waals surface area contributed by atoms with Gasteiger partial charge in [0.2, 0.25) is 0 Å². The highest BCUT2D eigenvalue weighted by atomic mass is 16.5. The van der Waals surface area contributed by atoms with Crippen LogP contribution in [0.25, 0.3) is 0 Å². The first-order valence-corrected chi connectivity index (χ1v) is 11.3. The van der Waals surface area contributed by atoms with Gasteiger partial charge < -0.3 is 14.7 Å². The topological polar surface area (TPSA) is 70.1 Å². The van der Waals surface area contributed by atoms with Crippen LogP contribution < -0.4 is 4.74 Å². The SMILES string of the molecule is O=C(O)c1ccc(Oc2ccc3c(c2)CCN(C2CCN(C4CCCC4)C2)C3=O)cc1. The number of hydrogen-bond acceptors (Lipinski definition) is 4. The number of carbonyl (C=O) groups excluding carboxylic acids is 1. The molecule has 1 aliphatic carbocycles. The molecular weight excluding hydrogens is 392 g/mol. The number of hydrogen-bond donors (Lipinski definition) is 1. The molecule has 2 aliphatic heterocycles. The summed E-state index contributed by atoms with van der Waals surface area (Å²) in [5.41, 5.74) is 2.02. The first-order valence-electron chi connectivity index (χ1n) is 11.3. The zero-order valence-corrected chi connectivity index (χ0v) is 17.6. The van der Waals surface area contributed by atoms with E-state index in [1.165, 1.54) is 37.8 Å². The quantitative estimate of drug-likeness (QED) is 0.785. The highest BCUT2D eigenvalue weighted by Crippen LogP contribution is 2.32. The van der Waals surface area contributed by atoms with E-state index in [1.807, 2.05) is 18.2 Å². The van der Waals surface area contributed by atoms with Crippen LogP contribution in [0, 0.1) is 0 Å². The van der Waals surface area contributed by atoms with Crippen molar-refractivity contribution in [2.24, 2.45) is 0 Å². The maximum absolute atomic E-state index is 13.2. The third-order valence-corrected chi connectivity index (χ3v) is 7.00. The summed E-state index contributed by atoms with van der Waals surface area (Å²) in [6, 6.07) is 13.0. The molecule has 1 atom stereocenters. The number of carboxylic acid groups (broad SMARTS) is 1. The highest BCUT2D eigenvalue weighted by Gasteiger charge is 2.36. The molecule has 0 aromatic heterocycles. The molecule has 2 heterocycles. The fourth-order valence-corrected chi connectivity index (χ4v) is 5.32. The number of carboxylic acids is 1. The van der Waals surface area contributed by atoms with Gasteiger partial charge in [-0.1, -0.05) is 12.8 Å². The second-order valence-corrected chi connectivity index (χ2v) is 8.87. The lowest BCUT2D eigenvalue weighted by molar-refractivity contribution is 0.0656. The van der Waals surface area contributed by atoms with E-state index < -0.39 is 5.97 Å². The second kappa shape index (κ2) is 8.35.